The Hall–Kier alpha value is -3.19. The van der Waals surface area contributed by atoms with Crippen molar-refractivity contribution in [2.75, 3.05) is 20.3 Å². The fourth-order valence-corrected chi connectivity index (χ4v) is 3.63. The van der Waals surface area contributed by atoms with Crippen LogP contribution in [-0.2, 0) is 11.2 Å². The first kappa shape index (κ1) is 25.4. The minimum absolute atomic E-state index is 0.0249. The number of rotatable bonds is 13. The highest BCUT2D eigenvalue weighted by molar-refractivity contribution is 5.93. The Morgan fingerprint density at radius 1 is 0.971 bits per heavy atom. The predicted molar refractivity (Wildman–Crippen MR) is 128 cm³/mol. The lowest BCUT2D eigenvalue weighted by atomic mass is 10.1. The molecule has 0 spiro atoms. The summed E-state index contributed by atoms with van der Waals surface area (Å²) < 4.78 is 35.4. The van der Waals surface area contributed by atoms with Crippen molar-refractivity contribution in [2.45, 2.75) is 51.9 Å². The fraction of sp³-hybridized carbons (Fsp3) is 0.407. The number of ether oxygens (including phenoxy) is 3. The smallest absolute Gasteiger partial charge is 0.379 e. The van der Waals surface area contributed by atoms with Gasteiger partial charge in [-0.2, -0.15) is 0 Å². The molecule has 3 rings (SSSR count). The molecule has 0 amide bonds. The van der Waals surface area contributed by atoms with E-state index in [-0.39, 0.29) is 22.3 Å². The van der Waals surface area contributed by atoms with Gasteiger partial charge < -0.3 is 18.6 Å². The van der Waals surface area contributed by atoms with E-state index in [1.165, 1.54) is 31.0 Å². The number of fused-ring (bicyclic) bond motifs is 1. The van der Waals surface area contributed by atoms with Gasteiger partial charge >= 0.3 is 11.6 Å². The topological polar surface area (TPSA) is 75.0 Å². The van der Waals surface area contributed by atoms with Gasteiger partial charge in [0.2, 0.25) is 5.76 Å². The number of halogens is 1. The van der Waals surface area contributed by atoms with Gasteiger partial charge in [0.05, 0.1) is 6.61 Å². The zero-order valence-corrected chi connectivity index (χ0v) is 19.7. The molecule has 6 nitrogen and oxygen atoms in total. The molecule has 0 saturated heterocycles. The van der Waals surface area contributed by atoms with Gasteiger partial charge in [-0.15, -0.1) is 0 Å². The van der Waals surface area contributed by atoms with Gasteiger partial charge in [0.15, 0.2) is 11.6 Å². The summed E-state index contributed by atoms with van der Waals surface area (Å²) in [6, 6.07) is 11.5. The number of benzene rings is 2. The molecule has 182 valence electrons. The Kier molecular flexibility index (Phi) is 9.64. The molecule has 3 aromatic rings. The van der Waals surface area contributed by atoms with Gasteiger partial charge in [-0.25, -0.2) is 14.0 Å². The molecule has 7 heteroatoms. The summed E-state index contributed by atoms with van der Waals surface area (Å²) in [5.41, 5.74) is 0.201. The Morgan fingerprint density at radius 2 is 1.71 bits per heavy atom. The summed E-state index contributed by atoms with van der Waals surface area (Å²) in [5.74, 6) is -1.61. The third kappa shape index (κ3) is 6.90. The van der Waals surface area contributed by atoms with Crippen LogP contribution >= 0.6 is 0 Å². The van der Waals surface area contributed by atoms with Crippen LogP contribution < -0.4 is 15.1 Å². The molecular formula is C27H31FO6. The normalized spacial score (nSPS) is 11.0. The molecule has 34 heavy (non-hydrogen) atoms. The lowest BCUT2D eigenvalue weighted by Gasteiger charge is -2.09. The number of hydrogen-bond acceptors (Lipinski definition) is 6. The highest BCUT2D eigenvalue weighted by Gasteiger charge is 2.19. The van der Waals surface area contributed by atoms with E-state index < -0.39 is 17.4 Å². The minimum Gasteiger partial charge on any atom is -0.491 e. The molecule has 0 bridgehead atoms. The van der Waals surface area contributed by atoms with E-state index in [9.17, 15) is 14.0 Å². The van der Waals surface area contributed by atoms with E-state index in [0.29, 0.717) is 18.8 Å². The number of aryl methyl sites for hydroxylation is 1. The van der Waals surface area contributed by atoms with Crippen molar-refractivity contribution in [3.63, 3.8) is 0 Å². The van der Waals surface area contributed by atoms with Crippen LogP contribution in [0.2, 0.25) is 0 Å². The molecule has 0 fully saturated rings. The molecule has 0 N–H and O–H groups in total. The quantitative estimate of drug-likeness (QED) is 0.171. The molecule has 0 saturated carbocycles. The standard InChI is InChI=1S/C27H31FO6/c1-3-16-32-22-15-12-20-18-23(34-27(30)24(20)25(22)28)26(29)33-21-13-10-19(11-14-21)9-7-5-4-6-8-17-31-2/h10-15,18H,3-9,16-17H2,1-2H3. The summed E-state index contributed by atoms with van der Waals surface area (Å²) in [6.07, 6.45) is 7.36. The molecule has 0 atom stereocenters. The maximum atomic E-state index is 14.6. The first-order valence-corrected chi connectivity index (χ1v) is 11.7. The van der Waals surface area contributed by atoms with Crippen molar-refractivity contribution in [1.82, 2.24) is 0 Å². The lowest BCUT2D eigenvalue weighted by Crippen LogP contribution is -2.13. The van der Waals surface area contributed by atoms with Gasteiger partial charge in [-0.05, 0) is 60.9 Å². The first-order chi connectivity index (χ1) is 16.5. The van der Waals surface area contributed by atoms with Gasteiger partial charge in [-0.1, -0.05) is 44.4 Å². The number of methoxy groups -OCH3 is 1. The SMILES string of the molecule is CCCOc1ccc2cc(C(=O)Oc3ccc(CCCCCCCOC)cc3)oc(=O)c2c1F. The number of hydrogen-bond donors (Lipinski definition) is 0. The van der Waals surface area contributed by atoms with E-state index in [1.54, 1.807) is 19.2 Å². The summed E-state index contributed by atoms with van der Waals surface area (Å²) in [5, 5.41) is -0.0182. The molecule has 0 aliphatic carbocycles. The first-order valence-electron chi connectivity index (χ1n) is 11.7. The van der Waals surface area contributed by atoms with E-state index in [1.807, 2.05) is 19.1 Å². The minimum atomic E-state index is -0.957. The van der Waals surface area contributed by atoms with Gasteiger partial charge in [0.1, 0.15) is 11.1 Å². The molecule has 1 aromatic heterocycles. The third-order valence-electron chi connectivity index (χ3n) is 5.44. The lowest BCUT2D eigenvalue weighted by molar-refractivity contribution is 0.0697. The van der Waals surface area contributed by atoms with Crippen molar-refractivity contribution < 1.29 is 27.8 Å². The molecule has 1 heterocycles. The van der Waals surface area contributed by atoms with Crippen molar-refractivity contribution in [1.29, 1.82) is 0 Å². The number of esters is 1. The van der Waals surface area contributed by atoms with Crippen LogP contribution in [0.25, 0.3) is 10.8 Å². The molecule has 2 aromatic carbocycles. The molecule has 0 aliphatic heterocycles. The monoisotopic (exact) mass is 470 g/mol. The van der Waals surface area contributed by atoms with E-state index >= 15 is 0 Å². The van der Waals surface area contributed by atoms with Crippen molar-refractivity contribution in [3.8, 4) is 11.5 Å². The van der Waals surface area contributed by atoms with Gasteiger partial charge in [0, 0.05) is 13.7 Å². The number of carbonyl (C=O) groups is 1. The summed E-state index contributed by atoms with van der Waals surface area (Å²) in [4.78, 5) is 24.9. The molecule has 0 unspecified atom stereocenters. The van der Waals surface area contributed by atoms with Crippen molar-refractivity contribution >= 4 is 16.7 Å². The second-order valence-electron chi connectivity index (χ2n) is 8.13. The summed E-state index contributed by atoms with van der Waals surface area (Å²) in [7, 11) is 1.72. The van der Waals surface area contributed by atoms with Crippen molar-refractivity contribution in [2.24, 2.45) is 0 Å². The zero-order valence-electron chi connectivity index (χ0n) is 19.7. The maximum absolute atomic E-state index is 14.6. The van der Waals surface area contributed by atoms with Gasteiger partial charge in [0.25, 0.3) is 0 Å². The average Bonchev–Trinajstić information content (AvgIpc) is 2.83. The average molecular weight is 471 g/mol. The fourth-order valence-electron chi connectivity index (χ4n) is 3.63. The van der Waals surface area contributed by atoms with Crippen molar-refractivity contribution in [3.05, 3.63) is 70.0 Å². The van der Waals surface area contributed by atoms with E-state index in [2.05, 4.69) is 0 Å². The van der Waals surface area contributed by atoms with Crippen LogP contribution in [0.5, 0.6) is 11.5 Å². The number of carbonyl (C=O) groups excluding carboxylic acids is 1. The van der Waals surface area contributed by atoms with Crippen LogP contribution in [0.3, 0.4) is 0 Å². The van der Waals surface area contributed by atoms with Crippen LogP contribution in [0.4, 0.5) is 4.39 Å². The molecule has 0 aliphatic rings. The second-order valence-corrected chi connectivity index (χ2v) is 8.13. The van der Waals surface area contributed by atoms with Crippen LogP contribution in [-0.4, -0.2) is 26.3 Å². The third-order valence-corrected chi connectivity index (χ3v) is 5.44. The Bertz CT molecular complexity index is 1140. The van der Waals surface area contributed by atoms with Crippen LogP contribution in [0.15, 0.2) is 51.7 Å². The zero-order chi connectivity index (χ0) is 24.3. The van der Waals surface area contributed by atoms with Crippen LogP contribution in [0, 0.1) is 5.82 Å². The van der Waals surface area contributed by atoms with Crippen LogP contribution in [0.1, 0.15) is 61.6 Å². The largest absolute Gasteiger partial charge is 0.491 e. The summed E-state index contributed by atoms with van der Waals surface area (Å²) in [6.45, 7) is 3.03. The number of unbranched alkanes of at least 4 members (excludes halogenated alkanes) is 4. The Morgan fingerprint density at radius 3 is 2.44 bits per heavy atom. The maximum Gasteiger partial charge on any atom is 0.379 e. The highest BCUT2D eigenvalue weighted by Crippen LogP contribution is 2.25. The Labute approximate surface area is 198 Å². The van der Waals surface area contributed by atoms with Gasteiger partial charge in [-0.3, -0.25) is 0 Å². The highest BCUT2D eigenvalue weighted by atomic mass is 19.1. The molecule has 0 radical (unpaired) electrons. The van der Waals surface area contributed by atoms with E-state index in [0.717, 1.165) is 37.9 Å². The molecular weight excluding hydrogens is 439 g/mol. The van der Waals surface area contributed by atoms with E-state index in [4.69, 9.17) is 18.6 Å². The Balaban J connectivity index is 1.59. The predicted octanol–water partition coefficient (Wildman–Crippen LogP) is 6.08. The second kappa shape index (κ2) is 12.9. The summed E-state index contributed by atoms with van der Waals surface area (Å²) >= 11 is 0.